The first kappa shape index (κ1) is 17.3. The molecule has 0 aromatic rings. The lowest BCUT2D eigenvalue weighted by Crippen LogP contribution is -2.43. The lowest BCUT2D eigenvalue weighted by Gasteiger charge is -2.35. The highest BCUT2D eigenvalue weighted by Gasteiger charge is 2.43. The summed E-state index contributed by atoms with van der Waals surface area (Å²) in [5.41, 5.74) is 0. The maximum atomic E-state index is 11.1. The second-order valence-corrected chi connectivity index (χ2v) is 8.05. The van der Waals surface area contributed by atoms with Crippen molar-refractivity contribution < 1.29 is 32.8 Å². The van der Waals surface area contributed by atoms with E-state index in [0.29, 0.717) is 6.61 Å². The van der Waals surface area contributed by atoms with Crippen LogP contribution < -0.4 is 0 Å². The van der Waals surface area contributed by atoms with Crippen molar-refractivity contribution in [1.82, 2.24) is 0 Å². The van der Waals surface area contributed by atoms with Gasteiger partial charge in [-0.1, -0.05) is 6.42 Å². The summed E-state index contributed by atoms with van der Waals surface area (Å²) < 4.78 is 32.3. The third-order valence-electron chi connectivity index (χ3n) is 2.74. The Hall–Kier alpha value is 0.207. The molecule has 0 spiro atoms. The Morgan fingerprint density at radius 3 is 2.32 bits per heavy atom. The Kier molecular flexibility index (Phi) is 7.13. The molecule has 1 fully saturated rings. The smallest absolute Gasteiger partial charge is 0.420 e. The Balaban J connectivity index is 2.77. The van der Waals surface area contributed by atoms with Gasteiger partial charge in [0.25, 0.3) is 5.97 Å². The van der Waals surface area contributed by atoms with Crippen molar-refractivity contribution in [1.29, 1.82) is 0 Å². The molecule has 1 aliphatic rings. The van der Waals surface area contributed by atoms with Crippen LogP contribution in [-0.2, 0) is 23.0 Å². The number of rotatable bonds is 8. The van der Waals surface area contributed by atoms with E-state index in [1.54, 1.807) is 13.8 Å². The summed E-state index contributed by atoms with van der Waals surface area (Å²) in [4.78, 5) is 18.1. The number of ether oxygens (including phenoxy) is 2. The van der Waals surface area contributed by atoms with Crippen molar-refractivity contribution in [2.45, 2.75) is 44.8 Å². The van der Waals surface area contributed by atoms with E-state index >= 15 is 0 Å². The molecule has 1 atom stereocenters. The van der Waals surface area contributed by atoms with Gasteiger partial charge in [0.1, 0.15) is 0 Å². The Labute approximate surface area is 115 Å². The molecule has 1 rings (SSSR count). The van der Waals surface area contributed by atoms with Crippen molar-refractivity contribution in [2.75, 3.05) is 19.8 Å². The number of phosphoric acid groups is 1. The second-order valence-electron chi connectivity index (χ2n) is 4.32. The highest BCUT2D eigenvalue weighted by atomic mass is 31.2. The van der Waals surface area contributed by atoms with Crippen LogP contribution >= 0.6 is 7.82 Å². The average Bonchev–Trinajstić information content (AvgIpc) is 2.28. The normalized spacial score (nSPS) is 21.6. The molecule has 0 aliphatic carbocycles. The van der Waals surface area contributed by atoms with Crippen molar-refractivity contribution >= 4 is 16.9 Å². The lowest BCUT2D eigenvalue weighted by atomic mass is 10.4. The van der Waals surface area contributed by atoms with Crippen LogP contribution in [0.3, 0.4) is 0 Å². The maximum Gasteiger partial charge on any atom is 0.473 e. The van der Waals surface area contributed by atoms with Crippen LogP contribution in [0.1, 0.15) is 26.7 Å². The molecule has 1 aliphatic heterocycles. The van der Waals surface area contributed by atoms with Crippen molar-refractivity contribution in [3.05, 3.63) is 0 Å². The van der Waals surface area contributed by atoms with Crippen molar-refractivity contribution in [3.8, 4) is 0 Å². The summed E-state index contributed by atoms with van der Waals surface area (Å²) in [6, 6.07) is 1.21. The molecule has 1 heterocycles. The minimum Gasteiger partial charge on any atom is -0.420 e. The zero-order valence-electron chi connectivity index (χ0n) is 11.4. The maximum absolute atomic E-state index is 11.1. The first-order chi connectivity index (χ1) is 8.91. The molecule has 1 saturated heterocycles. The van der Waals surface area contributed by atoms with Crippen LogP contribution in [0, 0.1) is 0 Å². The largest absolute Gasteiger partial charge is 0.473 e. The fourth-order valence-corrected chi connectivity index (χ4v) is 5.41. The minimum atomic E-state index is -4.70. The molecule has 0 bridgehead atoms. The first-order valence-electron chi connectivity index (χ1n) is 6.56. The van der Waals surface area contributed by atoms with E-state index in [1.807, 2.05) is 0 Å². The van der Waals surface area contributed by atoms with Gasteiger partial charge < -0.3 is 23.7 Å². The molecule has 19 heavy (non-hydrogen) atoms. The molecule has 0 radical (unpaired) electrons. The van der Waals surface area contributed by atoms with E-state index in [0.717, 1.165) is 18.9 Å². The zero-order chi connectivity index (χ0) is 14.4. The molecule has 0 aromatic carbocycles. The van der Waals surface area contributed by atoms with Crippen LogP contribution in [0.15, 0.2) is 0 Å². The fraction of sp³-hybridized carbons (Fsp3) is 1.00. The van der Waals surface area contributed by atoms with Gasteiger partial charge in [-0.2, -0.15) is 0 Å². The Morgan fingerprint density at radius 1 is 1.26 bits per heavy atom. The topological polar surface area (TPSA) is 94.5 Å². The summed E-state index contributed by atoms with van der Waals surface area (Å²) >= 11 is 0. The van der Waals surface area contributed by atoms with E-state index in [-0.39, 0.29) is 19.3 Å². The predicted octanol–water partition coefficient (Wildman–Crippen LogP) is 1.36. The van der Waals surface area contributed by atoms with Crippen LogP contribution in [0.25, 0.3) is 0 Å². The van der Waals surface area contributed by atoms with Gasteiger partial charge in [-0.3, -0.25) is 0 Å². The van der Waals surface area contributed by atoms with Gasteiger partial charge in [-0.05, 0) is 26.3 Å². The van der Waals surface area contributed by atoms with Gasteiger partial charge in [-0.15, -0.1) is 0 Å². The number of hydrogen-bond acceptors (Lipinski definition) is 5. The molecular weight excluding hydrogens is 291 g/mol. The fourth-order valence-electron chi connectivity index (χ4n) is 2.12. The van der Waals surface area contributed by atoms with E-state index in [4.69, 9.17) is 28.2 Å². The number of phosphoric ester groups is 1. The predicted molar refractivity (Wildman–Crippen MR) is 71.1 cm³/mol. The third-order valence-corrected chi connectivity index (χ3v) is 5.97. The highest BCUT2D eigenvalue weighted by molar-refractivity contribution is 7.46. The lowest BCUT2D eigenvalue weighted by molar-refractivity contribution is -0.334. The van der Waals surface area contributed by atoms with Crippen LogP contribution in [-0.4, -0.2) is 44.6 Å². The summed E-state index contributed by atoms with van der Waals surface area (Å²) in [5.74, 6) is -1.68. The summed E-state index contributed by atoms with van der Waals surface area (Å²) in [5, 5.41) is 0. The van der Waals surface area contributed by atoms with E-state index < -0.39 is 22.8 Å². The standard InChI is InChI=1S/C10H23O7PSi/c1-3-14-10(15-4-2,17-18(11,12)13)9-19-8-6-5-7-16-19/h19H,3-9H2,1-2H3,(H2,11,12,13). The molecule has 7 nitrogen and oxygen atoms in total. The Bertz CT molecular complexity index is 296. The van der Waals surface area contributed by atoms with Gasteiger partial charge in [0.05, 0.1) is 0 Å². The first-order valence-corrected chi connectivity index (χ1v) is 10.2. The van der Waals surface area contributed by atoms with E-state index in [9.17, 15) is 4.57 Å². The second kappa shape index (κ2) is 7.85. The molecule has 114 valence electrons. The molecule has 0 amide bonds. The van der Waals surface area contributed by atoms with Crippen molar-refractivity contribution in [3.63, 3.8) is 0 Å². The van der Waals surface area contributed by atoms with Gasteiger partial charge in [0.15, 0.2) is 9.04 Å². The minimum absolute atomic E-state index is 0.237. The molecular formula is C10H23O7PSi. The molecule has 1 unspecified atom stereocenters. The van der Waals surface area contributed by atoms with Gasteiger partial charge in [0, 0.05) is 25.9 Å². The van der Waals surface area contributed by atoms with Gasteiger partial charge >= 0.3 is 7.82 Å². The molecule has 2 N–H and O–H groups in total. The average molecular weight is 314 g/mol. The summed E-state index contributed by atoms with van der Waals surface area (Å²) in [7, 11) is -6.32. The summed E-state index contributed by atoms with van der Waals surface area (Å²) in [6.07, 6.45) is 2.10. The Morgan fingerprint density at radius 2 is 1.89 bits per heavy atom. The highest BCUT2D eigenvalue weighted by Crippen LogP contribution is 2.44. The van der Waals surface area contributed by atoms with Crippen molar-refractivity contribution in [2.24, 2.45) is 0 Å². The van der Waals surface area contributed by atoms with E-state index in [2.05, 4.69) is 0 Å². The monoisotopic (exact) mass is 314 g/mol. The number of hydrogen-bond donors (Lipinski definition) is 2. The van der Waals surface area contributed by atoms with Crippen LogP contribution in [0.2, 0.25) is 12.1 Å². The van der Waals surface area contributed by atoms with Crippen LogP contribution in [0.5, 0.6) is 0 Å². The molecule has 0 aromatic heterocycles. The van der Waals surface area contributed by atoms with Gasteiger partial charge in [0.2, 0.25) is 0 Å². The molecule has 9 heteroatoms. The quantitative estimate of drug-likeness (QED) is 0.397. The third kappa shape index (κ3) is 6.46. The summed E-state index contributed by atoms with van der Waals surface area (Å²) in [6.45, 7) is 4.61. The van der Waals surface area contributed by atoms with E-state index in [1.165, 1.54) is 0 Å². The zero-order valence-corrected chi connectivity index (χ0v) is 13.5. The molecule has 0 saturated carbocycles. The SMILES string of the molecule is CCOC(C[SiH]1CCCCO1)(OCC)OP(=O)(O)O. The van der Waals surface area contributed by atoms with Gasteiger partial charge in [-0.25, -0.2) is 9.09 Å². The van der Waals surface area contributed by atoms with Crippen LogP contribution in [0.4, 0.5) is 0 Å².